The Hall–Kier alpha value is -4.02. The zero-order chi connectivity index (χ0) is 27.8. The Labute approximate surface area is 257 Å². The summed E-state index contributed by atoms with van der Waals surface area (Å²) in [7, 11) is -1.52. The summed E-state index contributed by atoms with van der Waals surface area (Å²) in [5.41, 5.74) is 7.51. The van der Waals surface area contributed by atoms with Gasteiger partial charge in [-0.15, -0.1) is 65.7 Å². The van der Waals surface area contributed by atoms with Gasteiger partial charge in [-0.1, -0.05) is 104 Å². The van der Waals surface area contributed by atoms with Gasteiger partial charge in [0.25, 0.3) is 0 Å². The molecule has 0 bridgehead atoms. The van der Waals surface area contributed by atoms with E-state index in [0.717, 1.165) is 33.9 Å². The van der Waals surface area contributed by atoms with E-state index < -0.39 is 8.07 Å². The molecule has 4 aromatic carbocycles. The van der Waals surface area contributed by atoms with Crippen molar-refractivity contribution in [3.8, 4) is 45.0 Å². The minimum absolute atomic E-state index is 0. The van der Waals surface area contributed by atoms with Crippen molar-refractivity contribution in [1.82, 2.24) is 15.0 Å². The van der Waals surface area contributed by atoms with Gasteiger partial charge in [0, 0.05) is 32.5 Å². The first-order valence-corrected chi connectivity index (χ1v) is 16.9. The zero-order valence-electron chi connectivity index (χ0n) is 23.4. The summed E-state index contributed by atoms with van der Waals surface area (Å²) in [6, 6.07) is 47.1. The first kappa shape index (κ1) is 29.9. The van der Waals surface area contributed by atoms with Crippen molar-refractivity contribution in [2.75, 3.05) is 0 Å². The van der Waals surface area contributed by atoms with Crippen LogP contribution in [0.25, 0.3) is 45.0 Å². The van der Waals surface area contributed by atoms with E-state index in [9.17, 15) is 0 Å². The van der Waals surface area contributed by atoms with Crippen LogP contribution < -0.4 is 5.19 Å². The predicted octanol–water partition coefficient (Wildman–Crippen LogP) is 8.37. The first-order chi connectivity index (χ1) is 19.5. The molecule has 0 aliphatic carbocycles. The van der Waals surface area contributed by atoms with E-state index in [1.165, 1.54) is 16.3 Å². The monoisotopic (exact) mass is 726 g/mol. The van der Waals surface area contributed by atoms with Crippen molar-refractivity contribution in [2.45, 2.75) is 19.6 Å². The van der Waals surface area contributed by atoms with Crippen molar-refractivity contribution in [3.63, 3.8) is 0 Å². The molecule has 2 heterocycles. The van der Waals surface area contributed by atoms with Crippen molar-refractivity contribution in [3.05, 3.63) is 146 Å². The molecule has 0 atom stereocenters. The largest absolute Gasteiger partial charge is 0.305 e. The maximum atomic E-state index is 4.87. The summed E-state index contributed by atoms with van der Waals surface area (Å²) in [5, 5.41) is 1.29. The van der Waals surface area contributed by atoms with Gasteiger partial charge < -0.3 is 4.98 Å². The van der Waals surface area contributed by atoms with Gasteiger partial charge in [0.2, 0.25) is 0 Å². The van der Waals surface area contributed by atoms with Crippen LogP contribution in [-0.4, -0.2) is 23.0 Å². The van der Waals surface area contributed by atoms with Crippen molar-refractivity contribution < 1.29 is 20.1 Å². The van der Waals surface area contributed by atoms with Crippen LogP contribution in [0.4, 0.5) is 0 Å². The van der Waals surface area contributed by atoms with Gasteiger partial charge in [0.05, 0.1) is 19.6 Å². The van der Waals surface area contributed by atoms with Gasteiger partial charge in [0.15, 0.2) is 0 Å². The Morgan fingerprint density at radius 1 is 0.585 bits per heavy atom. The van der Waals surface area contributed by atoms with E-state index in [1.54, 1.807) is 6.20 Å². The second-order valence-electron chi connectivity index (χ2n) is 10.4. The number of pyridine rings is 1. The predicted molar refractivity (Wildman–Crippen MR) is 169 cm³/mol. The summed E-state index contributed by atoms with van der Waals surface area (Å²) >= 11 is 0. The van der Waals surface area contributed by atoms with Crippen LogP contribution in [0.1, 0.15) is 0 Å². The molecular formula is C36H31IrN3Si-2. The maximum Gasteiger partial charge on any atom is 0.0823 e. The molecule has 205 valence electrons. The molecule has 6 rings (SSSR count). The third-order valence-electron chi connectivity index (χ3n) is 6.45. The summed E-state index contributed by atoms with van der Waals surface area (Å²) in [6.07, 6.45) is 3.81. The standard InChI is InChI=1S/C19H19N2Si.C17H12N.Ir/c1-22(2,3)17-14-20-19(16-12-8-5-9-13-16)21-18(17)15-10-6-4-7-11-15;1-2-6-14(7-3-1)15-9-11-16(12-10-15)17-8-4-5-13-18-17;/h4-12,14H,1-3H3;1-11,13H;/q2*-1;. The van der Waals surface area contributed by atoms with Crippen molar-refractivity contribution in [1.29, 1.82) is 0 Å². The Kier molecular flexibility index (Phi) is 10.3. The summed E-state index contributed by atoms with van der Waals surface area (Å²) in [4.78, 5) is 13.8. The van der Waals surface area contributed by atoms with Crippen LogP contribution in [0.5, 0.6) is 0 Å². The third kappa shape index (κ3) is 7.80. The fourth-order valence-electron chi connectivity index (χ4n) is 4.33. The summed E-state index contributed by atoms with van der Waals surface area (Å²) in [6.45, 7) is 6.98. The fourth-order valence-corrected chi connectivity index (χ4v) is 5.69. The molecule has 0 aliphatic rings. The molecule has 0 aliphatic heterocycles. The van der Waals surface area contributed by atoms with Crippen molar-refractivity contribution >= 4 is 13.3 Å². The molecule has 5 heteroatoms. The van der Waals surface area contributed by atoms with E-state index in [4.69, 9.17) is 4.98 Å². The Balaban J connectivity index is 0.000000188. The quantitative estimate of drug-likeness (QED) is 0.133. The van der Waals surface area contributed by atoms with Gasteiger partial charge in [-0.05, 0) is 22.5 Å². The molecule has 1 radical (unpaired) electrons. The number of hydrogen-bond acceptors (Lipinski definition) is 3. The van der Waals surface area contributed by atoms with Crippen LogP contribution >= 0.6 is 0 Å². The molecule has 0 amide bonds. The summed E-state index contributed by atoms with van der Waals surface area (Å²) in [5.74, 6) is 0.737. The number of aromatic nitrogens is 3. The molecule has 6 aromatic rings. The molecule has 3 nitrogen and oxygen atoms in total. The molecule has 0 N–H and O–H groups in total. The normalized spacial score (nSPS) is 10.6. The zero-order valence-corrected chi connectivity index (χ0v) is 26.8. The van der Waals surface area contributed by atoms with E-state index in [0.29, 0.717) is 0 Å². The smallest absolute Gasteiger partial charge is 0.0823 e. The number of nitrogens with zero attached hydrogens (tertiary/aromatic N) is 3. The van der Waals surface area contributed by atoms with E-state index in [2.05, 4.69) is 90.3 Å². The topological polar surface area (TPSA) is 38.7 Å². The molecule has 0 unspecified atom stereocenters. The molecule has 0 fully saturated rings. The number of rotatable bonds is 5. The molecule has 2 aromatic heterocycles. The summed E-state index contributed by atoms with van der Waals surface area (Å²) < 4.78 is 0. The minimum atomic E-state index is -1.52. The Morgan fingerprint density at radius 3 is 1.85 bits per heavy atom. The Morgan fingerprint density at radius 2 is 1.27 bits per heavy atom. The minimum Gasteiger partial charge on any atom is -0.305 e. The molecule has 0 spiro atoms. The van der Waals surface area contributed by atoms with Crippen LogP contribution in [0.2, 0.25) is 19.6 Å². The molecular weight excluding hydrogens is 695 g/mol. The molecule has 0 saturated heterocycles. The van der Waals surface area contributed by atoms with Crippen LogP contribution in [-0.2, 0) is 20.1 Å². The van der Waals surface area contributed by atoms with Crippen molar-refractivity contribution in [2.24, 2.45) is 0 Å². The van der Waals surface area contributed by atoms with Gasteiger partial charge in [0.1, 0.15) is 0 Å². The van der Waals surface area contributed by atoms with E-state index >= 15 is 0 Å². The van der Waals surface area contributed by atoms with E-state index in [-0.39, 0.29) is 20.1 Å². The maximum absolute atomic E-state index is 4.87. The molecule has 41 heavy (non-hydrogen) atoms. The van der Waals surface area contributed by atoms with Gasteiger partial charge in [-0.3, -0.25) is 9.97 Å². The van der Waals surface area contributed by atoms with E-state index in [1.807, 2.05) is 79.0 Å². The van der Waals surface area contributed by atoms with Gasteiger partial charge in [-0.25, -0.2) is 0 Å². The SMILES string of the molecule is C[Si](C)(C)c1cnc(-c2[c-]cccc2)nc1-c1ccccc1.[Ir].[c-]1cc(-c2ccccc2)ccc1-c1ccccn1. The first-order valence-electron chi connectivity index (χ1n) is 13.4. The second-order valence-corrected chi connectivity index (χ2v) is 15.5. The molecule has 0 saturated carbocycles. The second kappa shape index (κ2) is 14.0. The van der Waals surface area contributed by atoms with Crippen LogP contribution in [0.15, 0.2) is 134 Å². The number of hydrogen-bond donors (Lipinski definition) is 0. The van der Waals surface area contributed by atoms with Crippen LogP contribution in [0, 0.1) is 12.1 Å². The van der Waals surface area contributed by atoms with Gasteiger partial charge >= 0.3 is 0 Å². The van der Waals surface area contributed by atoms with Gasteiger partial charge in [-0.2, -0.15) is 0 Å². The average molecular weight is 726 g/mol. The fraction of sp³-hybridized carbons (Fsp3) is 0.0833. The van der Waals surface area contributed by atoms with Crippen LogP contribution in [0.3, 0.4) is 0 Å². The third-order valence-corrected chi connectivity index (χ3v) is 8.44. The average Bonchev–Trinajstić information content (AvgIpc) is 3.02. The number of benzene rings is 4. The Bertz CT molecular complexity index is 1580.